The van der Waals surface area contributed by atoms with E-state index in [1.165, 1.54) is 44.9 Å². The molecule has 3 aliphatic rings. The highest BCUT2D eigenvalue weighted by atomic mass is 16.5. The van der Waals surface area contributed by atoms with Gasteiger partial charge in [-0.25, -0.2) is 0 Å². The summed E-state index contributed by atoms with van der Waals surface area (Å²) >= 11 is 0. The molecule has 3 aliphatic carbocycles. The van der Waals surface area contributed by atoms with Gasteiger partial charge < -0.3 is 4.74 Å². The normalized spacial score (nSPS) is 37.3. The summed E-state index contributed by atoms with van der Waals surface area (Å²) in [5, 5.41) is 0. The van der Waals surface area contributed by atoms with Gasteiger partial charge in [0.1, 0.15) is 0 Å². The number of ether oxygens (including phenoxy) is 1. The van der Waals surface area contributed by atoms with Crippen molar-refractivity contribution in [2.75, 3.05) is 6.61 Å². The van der Waals surface area contributed by atoms with Crippen LogP contribution in [0.3, 0.4) is 0 Å². The Morgan fingerprint density at radius 3 is 2.47 bits per heavy atom. The van der Waals surface area contributed by atoms with Gasteiger partial charge in [-0.3, -0.25) is 4.79 Å². The van der Waals surface area contributed by atoms with E-state index in [0.717, 1.165) is 24.7 Å². The third-order valence-electron chi connectivity index (χ3n) is 5.02. The summed E-state index contributed by atoms with van der Waals surface area (Å²) in [6, 6.07) is 0. The second kappa shape index (κ2) is 4.99. The molecule has 2 nitrogen and oxygen atoms in total. The molecule has 0 radical (unpaired) electrons. The molecular formula is C15H24O2. The molecule has 3 saturated carbocycles. The van der Waals surface area contributed by atoms with E-state index in [9.17, 15) is 4.79 Å². The maximum absolute atomic E-state index is 11.5. The maximum Gasteiger partial charge on any atom is 0.308 e. The molecule has 0 spiro atoms. The molecule has 17 heavy (non-hydrogen) atoms. The van der Waals surface area contributed by atoms with Crippen molar-refractivity contribution >= 4 is 5.97 Å². The predicted molar refractivity (Wildman–Crippen MR) is 66.5 cm³/mol. The fourth-order valence-corrected chi connectivity index (χ4v) is 3.76. The van der Waals surface area contributed by atoms with Gasteiger partial charge in [0.15, 0.2) is 0 Å². The topological polar surface area (TPSA) is 26.3 Å². The van der Waals surface area contributed by atoms with Gasteiger partial charge in [0.25, 0.3) is 0 Å². The Hall–Kier alpha value is -0.530. The summed E-state index contributed by atoms with van der Waals surface area (Å²) < 4.78 is 5.45. The van der Waals surface area contributed by atoms with Gasteiger partial charge in [-0.1, -0.05) is 25.7 Å². The average Bonchev–Trinajstić information content (AvgIpc) is 3.20. The van der Waals surface area contributed by atoms with Crippen LogP contribution in [0.5, 0.6) is 0 Å². The van der Waals surface area contributed by atoms with E-state index in [4.69, 9.17) is 4.74 Å². The zero-order valence-electron chi connectivity index (χ0n) is 10.7. The second-order valence-corrected chi connectivity index (χ2v) is 6.39. The summed E-state index contributed by atoms with van der Waals surface area (Å²) in [6.45, 7) is 0.707. The smallest absolute Gasteiger partial charge is 0.308 e. The Morgan fingerprint density at radius 1 is 0.941 bits per heavy atom. The maximum atomic E-state index is 11.5. The van der Waals surface area contributed by atoms with Gasteiger partial charge in [-0.05, 0) is 49.9 Å². The fourth-order valence-electron chi connectivity index (χ4n) is 3.76. The van der Waals surface area contributed by atoms with Crippen molar-refractivity contribution in [1.29, 1.82) is 0 Å². The molecule has 0 saturated heterocycles. The molecule has 96 valence electrons. The summed E-state index contributed by atoms with van der Waals surface area (Å²) in [6.07, 6.45) is 11.9. The van der Waals surface area contributed by atoms with Gasteiger partial charge >= 0.3 is 5.97 Å². The molecule has 3 atom stereocenters. The van der Waals surface area contributed by atoms with Gasteiger partial charge in [0.05, 0.1) is 12.5 Å². The van der Waals surface area contributed by atoms with Crippen molar-refractivity contribution in [3.05, 3.63) is 0 Å². The molecule has 2 heteroatoms. The van der Waals surface area contributed by atoms with E-state index >= 15 is 0 Å². The number of carbonyl (C=O) groups excluding carboxylic acids is 1. The molecule has 0 aromatic heterocycles. The van der Waals surface area contributed by atoms with Crippen molar-refractivity contribution in [2.45, 2.75) is 57.8 Å². The number of hydrogen-bond donors (Lipinski definition) is 0. The van der Waals surface area contributed by atoms with Gasteiger partial charge in [-0.2, -0.15) is 0 Å². The standard InChI is InChI=1S/C15H24O2/c16-15(13-7-8-13)17-10-11-5-6-12-3-1-2-4-14(12)9-11/h11-14H,1-10H2. The van der Waals surface area contributed by atoms with E-state index in [1.54, 1.807) is 0 Å². The third kappa shape index (κ3) is 2.83. The minimum absolute atomic E-state index is 0.0794. The van der Waals surface area contributed by atoms with E-state index in [-0.39, 0.29) is 11.9 Å². The molecule has 0 aliphatic heterocycles. The zero-order valence-corrected chi connectivity index (χ0v) is 10.7. The van der Waals surface area contributed by atoms with E-state index in [2.05, 4.69) is 0 Å². The molecule has 0 aromatic carbocycles. The molecule has 3 fully saturated rings. The Bertz CT molecular complexity index is 283. The van der Waals surface area contributed by atoms with Crippen molar-refractivity contribution in [3.63, 3.8) is 0 Å². The largest absolute Gasteiger partial charge is 0.465 e. The number of hydrogen-bond acceptors (Lipinski definition) is 2. The van der Waals surface area contributed by atoms with Crippen LogP contribution in [0, 0.1) is 23.7 Å². The highest BCUT2D eigenvalue weighted by molar-refractivity contribution is 5.74. The Kier molecular flexibility index (Phi) is 3.39. The minimum atomic E-state index is 0.0794. The van der Waals surface area contributed by atoms with Crippen LogP contribution in [0.2, 0.25) is 0 Å². The molecular weight excluding hydrogens is 212 g/mol. The van der Waals surface area contributed by atoms with Crippen LogP contribution >= 0.6 is 0 Å². The van der Waals surface area contributed by atoms with Gasteiger partial charge in [-0.15, -0.1) is 0 Å². The van der Waals surface area contributed by atoms with E-state index in [1.807, 2.05) is 0 Å². The average molecular weight is 236 g/mol. The van der Waals surface area contributed by atoms with Crippen molar-refractivity contribution in [2.24, 2.45) is 23.7 Å². The molecule has 0 amide bonds. The first kappa shape index (κ1) is 11.6. The first-order valence-electron chi connectivity index (χ1n) is 7.49. The number of carbonyl (C=O) groups is 1. The van der Waals surface area contributed by atoms with Crippen molar-refractivity contribution in [1.82, 2.24) is 0 Å². The summed E-state index contributed by atoms with van der Waals surface area (Å²) in [5.74, 6) is 2.95. The second-order valence-electron chi connectivity index (χ2n) is 6.39. The van der Waals surface area contributed by atoms with Crippen LogP contribution in [0.15, 0.2) is 0 Å². The fraction of sp³-hybridized carbons (Fsp3) is 0.933. The van der Waals surface area contributed by atoms with Crippen molar-refractivity contribution < 1.29 is 9.53 Å². The van der Waals surface area contributed by atoms with Crippen LogP contribution in [-0.2, 0) is 9.53 Å². The monoisotopic (exact) mass is 236 g/mol. The van der Waals surface area contributed by atoms with Crippen molar-refractivity contribution in [3.8, 4) is 0 Å². The van der Waals surface area contributed by atoms with Crippen LogP contribution < -0.4 is 0 Å². The first-order chi connectivity index (χ1) is 8.33. The first-order valence-corrected chi connectivity index (χ1v) is 7.49. The molecule has 0 aromatic rings. The summed E-state index contributed by atoms with van der Waals surface area (Å²) in [5.41, 5.74) is 0. The highest BCUT2D eigenvalue weighted by Crippen LogP contribution is 2.42. The lowest BCUT2D eigenvalue weighted by molar-refractivity contribution is -0.147. The van der Waals surface area contributed by atoms with Crippen LogP contribution in [0.4, 0.5) is 0 Å². The number of esters is 1. The van der Waals surface area contributed by atoms with Gasteiger partial charge in [0, 0.05) is 0 Å². The zero-order chi connectivity index (χ0) is 11.7. The van der Waals surface area contributed by atoms with Crippen LogP contribution in [-0.4, -0.2) is 12.6 Å². The molecule has 3 rings (SSSR count). The quantitative estimate of drug-likeness (QED) is 0.700. The summed E-state index contributed by atoms with van der Waals surface area (Å²) in [4.78, 5) is 11.5. The molecule has 0 N–H and O–H groups in total. The third-order valence-corrected chi connectivity index (χ3v) is 5.02. The van der Waals surface area contributed by atoms with E-state index in [0.29, 0.717) is 12.5 Å². The van der Waals surface area contributed by atoms with Crippen LogP contribution in [0.1, 0.15) is 57.8 Å². The molecule has 0 bridgehead atoms. The highest BCUT2D eigenvalue weighted by Gasteiger charge is 2.34. The molecule has 3 unspecified atom stereocenters. The minimum Gasteiger partial charge on any atom is -0.465 e. The number of fused-ring (bicyclic) bond motifs is 1. The lowest BCUT2D eigenvalue weighted by Crippen LogP contribution is -2.30. The van der Waals surface area contributed by atoms with Crippen LogP contribution in [0.25, 0.3) is 0 Å². The van der Waals surface area contributed by atoms with E-state index < -0.39 is 0 Å². The molecule has 0 heterocycles. The van der Waals surface area contributed by atoms with Gasteiger partial charge in [0.2, 0.25) is 0 Å². The number of rotatable bonds is 3. The SMILES string of the molecule is O=C(OCC1CCC2CCCCC2C1)C1CC1. The Morgan fingerprint density at radius 2 is 1.71 bits per heavy atom. The Balaban J connectivity index is 1.43. The lowest BCUT2D eigenvalue weighted by atomic mass is 9.68. The predicted octanol–water partition coefficient (Wildman–Crippen LogP) is 3.55. The summed E-state index contributed by atoms with van der Waals surface area (Å²) in [7, 11) is 0. The lowest BCUT2D eigenvalue weighted by Gasteiger charge is -2.39. The Labute approximate surface area is 104 Å².